The smallest absolute Gasteiger partial charge is 0.341 e. The number of hydrogen-bond acceptors (Lipinski definition) is 7. The van der Waals surface area contributed by atoms with Crippen LogP contribution in [-0.4, -0.2) is 52.6 Å². The van der Waals surface area contributed by atoms with Crippen molar-refractivity contribution >= 4 is 28.5 Å². The lowest BCUT2D eigenvalue weighted by atomic mass is 10.1. The second kappa shape index (κ2) is 7.43. The molecule has 1 saturated heterocycles. The fourth-order valence-electron chi connectivity index (χ4n) is 3.63. The Kier molecular flexibility index (Phi) is 4.95. The minimum Gasteiger partial charge on any atom is -0.477 e. The van der Waals surface area contributed by atoms with Gasteiger partial charge < -0.3 is 25.1 Å². The Balaban J connectivity index is 1.82. The van der Waals surface area contributed by atoms with Crippen LogP contribution in [0.2, 0.25) is 0 Å². The third kappa shape index (κ3) is 3.44. The van der Waals surface area contributed by atoms with Crippen LogP contribution < -0.4 is 16.1 Å². The molecule has 2 aromatic heterocycles. The van der Waals surface area contributed by atoms with E-state index >= 15 is 0 Å². The molecular weight excluding hydrogens is 381 g/mol. The Morgan fingerprint density at radius 2 is 2.24 bits per heavy atom. The van der Waals surface area contributed by atoms with Crippen LogP contribution in [0.5, 0.6) is 0 Å². The van der Waals surface area contributed by atoms with Crippen LogP contribution in [0.1, 0.15) is 36.2 Å². The molecule has 1 unspecified atom stereocenters. The van der Waals surface area contributed by atoms with Gasteiger partial charge in [-0.2, -0.15) is 0 Å². The van der Waals surface area contributed by atoms with Gasteiger partial charge in [0, 0.05) is 31.2 Å². The van der Waals surface area contributed by atoms with Crippen LogP contribution in [0.4, 0.5) is 10.2 Å². The Hall–Kier alpha value is -3.01. The van der Waals surface area contributed by atoms with E-state index in [0.29, 0.717) is 31.9 Å². The Morgan fingerprint density at radius 3 is 2.86 bits per heavy atom. The largest absolute Gasteiger partial charge is 0.477 e. The van der Waals surface area contributed by atoms with E-state index in [2.05, 4.69) is 10.1 Å². The van der Waals surface area contributed by atoms with Gasteiger partial charge in [-0.1, -0.05) is 5.16 Å². The number of carboxylic acids is 1. The van der Waals surface area contributed by atoms with Gasteiger partial charge in [-0.3, -0.25) is 4.79 Å². The minimum atomic E-state index is -1.34. The quantitative estimate of drug-likeness (QED) is 0.698. The highest BCUT2D eigenvalue weighted by Gasteiger charge is 2.33. The van der Waals surface area contributed by atoms with E-state index in [4.69, 9.17) is 10.6 Å². The summed E-state index contributed by atoms with van der Waals surface area (Å²) in [6, 6.07) is 1.15. The molecule has 3 heterocycles. The number of oxime groups is 1. The van der Waals surface area contributed by atoms with Crippen LogP contribution in [-0.2, 0) is 4.84 Å². The van der Waals surface area contributed by atoms with E-state index in [1.807, 2.05) is 6.92 Å². The zero-order chi connectivity index (χ0) is 20.7. The highest BCUT2D eigenvalue weighted by atomic mass is 19.1. The number of aromatic carboxylic acids is 1. The van der Waals surface area contributed by atoms with Crippen molar-refractivity contribution in [3.63, 3.8) is 0 Å². The molecule has 29 heavy (non-hydrogen) atoms. The van der Waals surface area contributed by atoms with Crippen molar-refractivity contribution in [3.8, 4) is 0 Å². The molecule has 0 amide bonds. The molecule has 0 spiro atoms. The second-order valence-electron chi connectivity index (χ2n) is 7.29. The third-order valence-corrected chi connectivity index (χ3v) is 5.27. The topological polar surface area (TPSA) is 123 Å². The maximum Gasteiger partial charge on any atom is 0.341 e. The monoisotopic (exact) mass is 403 g/mol. The number of carbonyl (C=O) groups is 1. The molecule has 10 heteroatoms. The van der Waals surface area contributed by atoms with E-state index in [0.717, 1.165) is 24.6 Å². The third-order valence-electron chi connectivity index (χ3n) is 5.27. The lowest BCUT2D eigenvalue weighted by Crippen LogP contribution is -2.26. The summed E-state index contributed by atoms with van der Waals surface area (Å²) in [7, 11) is 0. The fraction of sp³-hybridized carbons (Fsp3) is 0.474. The van der Waals surface area contributed by atoms with Crippen LogP contribution in [0.3, 0.4) is 0 Å². The lowest BCUT2D eigenvalue weighted by molar-refractivity contribution is 0.0695. The molecule has 154 valence electrons. The van der Waals surface area contributed by atoms with Crippen LogP contribution >= 0.6 is 0 Å². The molecule has 2 aliphatic rings. The SMILES string of the molecule is CCO/N=C1/CN(c2nc3c(cc2F)c(=O)c(C(=O)O)cn3C2CC2)CC1CN. The minimum absolute atomic E-state index is 0.0316. The molecule has 4 rings (SSSR count). The highest BCUT2D eigenvalue weighted by molar-refractivity contribution is 5.95. The molecule has 1 aliphatic heterocycles. The van der Waals surface area contributed by atoms with Crippen LogP contribution in [0.15, 0.2) is 22.2 Å². The zero-order valence-corrected chi connectivity index (χ0v) is 16.0. The van der Waals surface area contributed by atoms with Crippen molar-refractivity contribution in [3.05, 3.63) is 33.9 Å². The summed E-state index contributed by atoms with van der Waals surface area (Å²) in [5, 5.41) is 13.4. The van der Waals surface area contributed by atoms with Gasteiger partial charge in [0.15, 0.2) is 11.6 Å². The molecule has 9 nitrogen and oxygen atoms in total. The number of pyridine rings is 2. The summed E-state index contributed by atoms with van der Waals surface area (Å²) < 4.78 is 16.6. The van der Waals surface area contributed by atoms with Crippen molar-refractivity contribution in [2.75, 3.05) is 31.1 Å². The average molecular weight is 403 g/mol. The number of rotatable bonds is 6. The van der Waals surface area contributed by atoms with Crippen LogP contribution in [0, 0.1) is 11.7 Å². The molecule has 0 radical (unpaired) electrons. The molecule has 2 aromatic rings. The van der Waals surface area contributed by atoms with Gasteiger partial charge in [-0.15, -0.1) is 0 Å². The predicted octanol–water partition coefficient (Wildman–Crippen LogP) is 1.36. The number of fused-ring (bicyclic) bond motifs is 1. The van der Waals surface area contributed by atoms with Gasteiger partial charge in [-0.25, -0.2) is 14.2 Å². The van der Waals surface area contributed by atoms with E-state index < -0.39 is 17.2 Å². The maximum atomic E-state index is 14.9. The average Bonchev–Trinajstić information content (AvgIpc) is 3.46. The van der Waals surface area contributed by atoms with Gasteiger partial charge in [-0.05, 0) is 25.8 Å². The van der Waals surface area contributed by atoms with Crippen molar-refractivity contribution in [1.82, 2.24) is 9.55 Å². The standard InChI is InChI=1S/C19H22FN5O4/c1-2-29-23-15-9-24(7-10(15)6-21)18-14(20)5-12-16(26)13(19(27)28)8-25(11-3-4-11)17(12)22-18/h5,8,10-11H,2-4,6-7,9,21H2,1H3,(H,27,28)/b23-15-. The van der Waals surface area contributed by atoms with Gasteiger partial charge in [0.1, 0.15) is 17.8 Å². The predicted molar refractivity (Wildman–Crippen MR) is 105 cm³/mol. The Morgan fingerprint density at radius 1 is 1.48 bits per heavy atom. The van der Waals surface area contributed by atoms with Crippen LogP contribution in [0.25, 0.3) is 11.0 Å². The normalized spacial score (nSPS) is 20.6. The fourth-order valence-corrected chi connectivity index (χ4v) is 3.63. The van der Waals surface area contributed by atoms with Gasteiger partial charge in [0.2, 0.25) is 5.43 Å². The summed E-state index contributed by atoms with van der Waals surface area (Å²) in [4.78, 5) is 35.3. The van der Waals surface area contributed by atoms with E-state index in [-0.39, 0.29) is 28.7 Å². The number of halogens is 1. The van der Waals surface area contributed by atoms with Gasteiger partial charge in [0.05, 0.1) is 17.6 Å². The van der Waals surface area contributed by atoms with Crippen molar-refractivity contribution < 1.29 is 19.1 Å². The summed E-state index contributed by atoms with van der Waals surface area (Å²) in [5.74, 6) is -2.02. The number of nitrogens with two attached hydrogens (primary N) is 1. The molecular formula is C19H22FN5O4. The first-order valence-corrected chi connectivity index (χ1v) is 9.57. The summed E-state index contributed by atoms with van der Waals surface area (Å²) in [6.45, 7) is 3.33. The Labute approximate surface area is 165 Å². The van der Waals surface area contributed by atoms with Gasteiger partial charge in [0.25, 0.3) is 0 Å². The van der Waals surface area contributed by atoms with E-state index in [1.54, 1.807) is 9.47 Å². The molecule has 0 bridgehead atoms. The zero-order valence-electron chi connectivity index (χ0n) is 16.0. The first-order chi connectivity index (χ1) is 13.9. The number of nitrogens with zero attached hydrogens (tertiary/aromatic N) is 4. The Bertz CT molecular complexity index is 1060. The van der Waals surface area contributed by atoms with E-state index in [9.17, 15) is 19.1 Å². The molecule has 3 N–H and O–H groups in total. The molecule has 1 saturated carbocycles. The summed E-state index contributed by atoms with van der Waals surface area (Å²) >= 11 is 0. The number of carboxylic acid groups (broad SMARTS) is 1. The first-order valence-electron chi connectivity index (χ1n) is 9.57. The van der Waals surface area contributed by atoms with Gasteiger partial charge >= 0.3 is 5.97 Å². The molecule has 1 atom stereocenters. The summed E-state index contributed by atoms with van der Waals surface area (Å²) in [6.07, 6.45) is 3.03. The summed E-state index contributed by atoms with van der Waals surface area (Å²) in [5.41, 5.74) is 5.72. The molecule has 0 aromatic carbocycles. The molecule has 1 aliphatic carbocycles. The lowest BCUT2D eigenvalue weighted by Gasteiger charge is -2.19. The number of hydrogen-bond donors (Lipinski definition) is 2. The van der Waals surface area contributed by atoms with Crippen molar-refractivity contribution in [2.45, 2.75) is 25.8 Å². The first kappa shape index (κ1) is 19.3. The van der Waals surface area contributed by atoms with Crippen molar-refractivity contribution in [2.24, 2.45) is 16.8 Å². The molecule has 2 fully saturated rings. The second-order valence-corrected chi connectivity index (χ2v) is 7.29. The number of anilines is 1. The number of aromatic nitrogens is 2. The van der Waals surface area contributed by atoms with Crippen molar-refractivity contribution in [1.29, 1.82) is 0 Å². The highest BCUT2D eigenvalue weighted by Crippen LogP contribution is 2.37. The maximum absolute atomic E-state index is 14.9. The van der Waals surface area contributed by atoms with E-state index in [1.165, 1.54) is 6.20 Å².